The van der Waals surface area contributed by atoms with Gasteiger partial charge in [0.1, 0.15) is 0 Å². The van der Waals surface area contributed by atoms with Crippen molar-refractivity contribution in [2.45, 2.75) is 18.9 Å². The van der Waals surface area contributed by atoms with Crippen LogP contribution in [0.25, 0.3) is 0 Å². The third kappa shape index (κ3) is 5.70. The molecule has 2 amide bonds. The Morgan fingerprint density at radius 2 is 1.89 bits per heavy atom. The van der Waals surface area contributed by atoms with Crippen molar-refractivity contribution in [1.82, 2.24) is 5.32 Å². The zero-order chi connectivity index (χ0) is 19.1. The number of rotatable bonds is 7. The average molecular weight is 388 g/mol. The highest BCUT2D eigenvalue weighted by Gasteiger charge is 2.16. The van der Waals surface area contributed by atoms with E-state index in [9.17, 15) is 9.59 Å². The van der Waals surface area contributed by atoms with Crippen LogP contribution in [0.2, 0.25) is 5.02 Å². The number of anilines is 2. The highest BCUT2D eigenvalue weighted by molar-refractivity contribution is 6.33. The molecule has 1 aliphatic rings. The largest absolute Gasteiger partial charge is 0.376 e. The number of carbonyl (C=O) groups excluding carboxylic acids is 2. The Kier molecular flexibility index (Phi) is 6.68. The second kappa shape index (κ2) is 9.39. The molecule has 142 valence electrons. The van der Waals surface area contributed by atoms with Crippen LogP contribution in [-0.2, 0) is 9.53 Å². The summed E-state index contributed by atoms with van der Waals surface area (Å²) < 4.78 is 5.49. The van der Waals surface area contributed by atoms with Gasteiger partial charge in [-0.1, -0.05) is 23.7 Å². The van der Waals surface area contributed by atoms with Crippen LogP contribution >= 0.6 is 11.6 Å². The van der Waals surface area contributed by atoms with Gasteiger partial charge in [-0.2, -0.15) is 0 Å². The highest BCUT2D eigenvalue weighted by atomic mass is 35.5. The normalized spacial score (nSPS) is 16.0. The van der Waals surface area contributed by atoms with Gasteiger partial charge < -0.3 is 20.7 Å². The first-order valence-corrected chi connectivity index (χ1v) is 9.28. The number of hydrogen-bond acceptors (Lipinski definition) is 4. The van der Waals surface area contributed by atoms with Crippen molar-refractivity contribution in [1.29, 1.82) is 0 Å². The summed E-state index contributed by atoms with van der Waals surface area (Å²) in [7, 11) is 0. The maximum absolute atomic E-state index is 12.2. The van der Waals surface area contributed by atoms with E-state index in [2.05, 4.69) is 16.0 Å². The monoisotopic (exact) mass is 387 g/mol. The van der Waals surface area contributed by atoms with E-state index < -0.39 is 0 Å². The number of halogens is 1. The number of hydrogen-bond donors (Lipinski definition) is 3. The molecule has 0 saturated carbocycles. The van der Waals surface area contributed by atoms with Gasteiger partial charge in [-0.15, -0.1) is 0 Å². The van der Waals surface area contributed by atoms with Crippen LogP contribution in [0.15, 0.2) is 48.5 Å². The fourth-order valence-electron chi connectivity index (χ4n) is 2.79. The van der Waals surface area contributed by atoms with E-state index in [0.717, 1.165) is 25.1 Å². The van der Waals surface area contributed by atoms with Gasteiger partial charge in [0.25, 0.3) is 5.91 Å². The Morgan fingerprint density at radius 1 is 1.11 bits per heavy atom. The summed E-state index contributed by atoms with van der Waals surface area (Å²) in [5, 5.41) is 9.14. The minimum Gasteiger partial charge on any atom is -0.376 e. The standard InChI is InChI=1S/C20H22ClN3O3/c21-17-5-1-2-6-18(17)24-19(25)13-22-15-9-7-14(8-10-15)20(26)23-12-16-4-3-11-27-16/h1-2,5-10,16,22H,3-4,11-13H2,(H,23,26)(H,24,25). The predicted molar refractivity (Wildman–Crippen MR) is 106 cm³/mol. The Labute approximate surface area is 163 Å². The first kappa shape index (κ1) is 19.2. The van der Waals surface area contributed by atoms with Gasteiger partial charge in [-0.3, -0.25) is 9.59 Å². The molecule has 6 nitrogen and oxygen atoms in total. The molecule has 1 aliphatic heterocycles. The van der Waals surface area contributed by atoms with Gasteiger partial charge in [0.15, 0.2) is 0 Å². The van der Waals surface area contributed by atoms with Crippen LogP contribution < -0.4 is 16.0 Å². The van der Waals surface area contributed by atoms with E-state index in [1.54, 1.807) is 48.5 Å². The fraction of sp³-hybridized carbons (Fsp3) is 0.300. The van der Waals surface area contributed by atoms with Crippen molar-refractivity contribution in [3.8, 4) is 0 Å². The molecule has 2 aromatic rings. The lowest BCUT2D eigenvalue weighted by molar-refractivity contribution is -0.114. The topological polar surface area (TPSA) is 79.5 Å². The molecule has 0 aromatic heterocycles. The van der Waals surface area contributed by atoms with Crippen LogP contribution in [-0.4, -0.2) is 37.6 Å². The van der Waals surface area contributed by atoms with Gasteiger partial charge in [0.2, 0.25) is 5.91 Å². The summed E-state index contributed by atoms with van der Waals surface area (Å²) >= 11 is 6.02. The van der Waals surface area contributed by atoms with E-state index >= 15 is 0 Å². The lowest BCUT2D eigenvalue weighted by Crippen LogP contribution is -2.31. The lowest BCUT2D eigenvalue weighted by atomic mass is 10.2. The van der Waals surface area contributed by atoms with E-state index in [0.29, 0.717) is 22.8 Å². The Hall–Kier alpha value is -2.57. The smallest absolute Gasteiger partial charge is 0.251 e. The summed E-state index contributed by atoms with van der Waals surface area (Å²) in [5.41, 5.74) is 1.89. The van der Waals surface area contributed by atoms with E-state index in [4.69, 9.17) is 16.3 Å². The van der Waals surface area contributed by atoms with Gasteiger partial charge in [0, 0.05) is 24.4 Å². The van der Waals surface area contributed by atoms with Crippen molar-refractivity contribution in [2.24, 2.45) is 0 Å². The third-order valence-corrected chi connectivity index (χ3v) is 4.59. The van der Waals surface area contributed by atoms with Crippen molar-refractivity contribution >= 4 is 34.8 Å². The second-order valence-corrected chi connectivity index (χ2v) is 6.71. The fourth-order valence-corrected chi connectivity index (χ4v) is 2.98. The molecular weight excluding hydrogens is 366 g/mol. The van der Waals surface area contributed by atoms with Crippen LogP contribution in [0, 0.1) is 0 Å². The lowest BCUT2D eigenvalue weighted by Gasteiger charge is -2.11. The van der Waals surface area contributed by atoms with Crippen LogP contribution in [0.3, 0.4) is 0 Å². The quantitative estimate of drug-likeness (QED) is 0.681. The van der Waals surface area contributed by atoms with Crippen LogP contribution in [0.4, 0.5) is 11.4 Å². The second-order valence-electron chi connectivity index (χ2n) is 6.30. The zero-order valence-corrected chi connectivity index (χ0v) is 15.6. The molecule has 0 bridgehead atoms. The number of amides is 2. The molecular formula is C20H22ClN3O3. The Bertz CT molecular complexity index is 789. The van der Waals surface area contributed by atoms with Gasteiger partial charge in [-0.05, 0) is 49.2 Å². The highest BCUT2D eigenvalue weighted by Crippen LogP contribution is 2.20. The molecule has 1 fully saturated rings. The molecule has 7 heteroatoms. The minimum absolute atomic E-state index is 0.0930. The first-order chi connectivity index (χ1) is 13.1. The number of benzene rings is 2. The molecule has 1 heterocycles. The predicted octanol–water partition coefficient (Wildman–Crippen LogP) is 3.30. The van der Waals surface area contributed by atoms with Crippen molar-refractivity contribution in [2.75, 3.05) is 30.3 Å². The summed E-state index contributed by atoms with van der Waals surface area (Å²) in [6.07, 6.45) is 2.15. The minimum atomic E-state index is -0.207. The van der Waals surface area contributed by atoms with Crippen LogP contribution in [0.5, 0.6) is 0 Å². The van der Waals surface area contributed by atoms with Gasteiger partial charge in [0.05, 0.1) is 23.4 Å². The average Bonchev–Trinajstić information content (AvgIpc) is 3.20. The number of nitrogens with one attached hydrogen (secondary N) is 3. The molecule has 0 radical (unpaired) electrons. The van der Waals surface area contributed by atoms with E-state index in [1.807, 2.05) is 0 Å². The molecule has 27 heavy (non-hydrogen) atoms. The summed E-state index contributed by atoms with van der Waals surface area (Å²) in [6.45, 7) is 1.39. The van der Waals surface area contributed by atoms with E-state index in [1.165, 1.54) is 0 Å². The van der Waals surface area contributed by atoms with Gasteiger partial charge >= 0.3 is 0 Å². The van der Waals surface area contributed by atoms with Crippen molar-refractivity contribution < 1.29 is 14.3 Å². The number of para-hydroxylation sites is 1. The Morgan fingerprint density at radius 3 is 2.59 bits per heavy atom. The van der Waals surface area contributed by atoms with Crippen LogP contribution in [0.1, 0.15) is 23.2 Å². The molecule has 3 N–H and O–H groups in total. The van der Waals surface area contributed by atoms with E-state index in [-0.39, 0.29) is 24.5 Å². The SMILES string of the molecule is O=C(CNc1ccc(C(=O)NCC2CCCO2)cc1)Nc1ccccc1Cl. The summed E-state index contributed by atoms with van der Waals surface area (Å²) in [5.74, 6) is -0.338. The maximum atomic E-state index is 12.2. The third-order valence-electron chi connectivity index (χ3n) is 4.26. The molecule has 1 saturated heterocycles. The molecule has 0 spiro atoms. The molecule has 3 rings (SSSR count). The van der Waals surface area contributed by atoms with Gasteiger partial charge in [-0.25, -0.2) is 0 Å². The van der Waals surface area contributed by atoms with Crippen molar-refractivity contribution in [3.05, 3.63) is 59.1 Å². The molecule has 2 aromatic carbocycles. The zero-order valence-electron chi connectivity index (χ0n) is 14.8. The number of carbonyl (C=O) groups is 2. The summed E-state index contributed by atoms with van der Waals surface area (Å²) in [4.78, 5) is 24.2. The maximum Gasteiger partial charge on any atom is 0.251 e. The molecule has 1 unspecified atom stereocenters. The molecule has 0 aliphatic carbocycles. The van der Waals surface area contributed by atoms with Crippen molar-refractivity contribution in [3.63, 3.8) is 0 Å². The summed E-state index contributed by atoms with van der Waals surface area (Å²) in [6, 6.07) is 14.0. The number of ether oxygens (including phenoxy) is 1. The first-order valence-electron chi connectivity index (χ1n) is 8.90. The molecule has 1 atom stereocenters. The Balaban J connectivity index is 1.45.